The van der Waals surface area contributed by atoms with E-state index in [-0.39, 0.29) is 0 Å². The molecule has 3 heterocycles. The molecule has 0 aliphatic heterocycles. The normalized spacial score (nSPS) is 10.2. The molecule has 0 saturated carbocycles. The number of nitrogens with zero attached hydrogens (tertiary/aromatic N) is 4. The third-order valence-corrected chi connectivity index (χ3v) is 3.81. The van der Waals surface area contributed by atoms with Crippen LogP contribution in [0.25, 0.3) is 11.4 Å². The Morgan fingerprint density at radius 3 is 2.64 bits per heavy atom. The molecule has 6 heteroatoms. The maximum absolute atomic E-state index is 5.96. The number of rotatable bonds is 2. The summed E-state index contributed by atoms with van der Waals surface area (Å²) in [5, 5.41) is 0.586. The first kappa shape index (κ1) is 16.7. The quantitative estimate of drug-likeness (QED) is 0.721. The summed E-state index contributed by atoms with van der Waals surface area (Å²) in [7, 11) is 0. The SMILES string of the molecule is C=C(N)c1nc(C#Cc2cc(Cl)ccn2)c(C)n1-c1ccc(C)nc1. The highest BCUT2D eigenvalue weighted by Crippen LogP contribution is 2.20. The molecule has 0 aliphatic carbocycles. The molecular weight excluding hydrogens is 334 g/mol. The predicted molar refractivity (Wildman–Crippen MR) is 99.3 cm³/mol. The summed E-state index contributed by atoms with van der Waals surface area (Å²) < 4.78 is 1.89. The molecule has 0 fully saturated rings. The number of hydrogen-bond acceptors (Lipinski definition) is 4. The van der Waals surface area contributed by atoms with Crippen molar-refractivity contribution in [3.63, 3.8) is 0 Å². The molecule has 3 aromatic rings. The second-order valence-electron chi connectivity index (χ2n) is 5.50. The molecule has 0 amide bonds. The van der Waals surface area contributed by atoms with Crippen molar-refractivity contribution in [2.24, 2.45) is 5.73 Å². The molecule has 3 rings (SSSR count). The number of halogens is 1. The molecule has 0 unspecified atom stereocenters. The Morgan fingerprint density at radius 2 is 2.00 bits per heavy atom. The Balaban J connectivity index is 2.10. The van der Waals surface area contributed by atoms with Crippen molar-refractivity contribution in [2.75, 3.05) is 0 Å². The molecule has 0 aliphatic rings. The Bertz CT molecular complexity index is 1010. The van der Waals surface area contributed by atoms with Crippen LogP contribution in [0.2, 0.25) is 5.02 Å². The first-order valence-electron chi connectivity index (χ1n) is 7.56. The van der Waals surface area contributed by atoms with Gasteiger partial charge in [-0.05, 0) is 50.0 Å². The van der Waals surface area contributed by atoms with Crippen LogP contribution in [0.4, 0.5) is 0 Å². The number of hydrogen-bond donors (Lipinski definition) is 1. The van der Waals surface area contributed by atoms with Gasteiger partial charge in [-0.3, -0.25) is 9.55 Å². The van der Waals surface area contributed by atoms with E-state index in [4.69, 9.17) is 17.3 Å². The molecular formula is C19H16ClN5. The summed E-state index contributed by atoms with van der Waals surface area (Å²) in [4.78, 5) is 13.0. The van der Waals surface area contributed by atoms with Gasteiger partial charge in [0.05, 0.1) is 23.3 Å². The van der Waals surface area contributed by atoms with E-state index in [0.29, 0.717) is 27.9 Å². The van der Waals surface area contributed by atoms with Gasteiger partial charge in [0.25, 0.3) is 0 Å². The summed E-state index contributed by atoms with van der Waals surface area (Å²) in [6, 6.07) is 7.29. The summed E-state index contributed by atoms with van der Waals surface area (Å²) in [6.07, 6.45) is 3.38. The standard InChI is InChI=1S/C19H16ClN5/c1-12-4-6-17(11-23-12)25-14(3)18(24-19(25)13(2)21)7-5-16-10-15(20)8-9-22-16/h4,6,8-11H,2,21H2,1,3H3. The van der Waals surface area contributed by atoms with Gasteiger partial charge in [-0.1, -0.05) is 18.2 Å². The highest BCUT2D eigenvalue weighted by Gasteiger charge is 2.15. The molecule has 0 radical (unpaired) electrons. The van der Waals surface area contributed by atoms with Gasteiger partial charge in [-0.15, -0.1) is 0 Å². The second kappa shape index (κ2) is 6.80. The van der Waals surface area contributed by atoms with E-state index >= 15 is 0 Å². The lowest BCUT2D eigenvalue weighted by atomic mass is 10.3. The third kappa shape index (κ3) is 3.54. The van der Waals surface area contributed by atoms with E-state index in [2.05, 4.69) is 33.4 Å². The van der Waals surface area contributed by atoms with E-state index in [0.717, 1.165) is 17.1 Å². The molecule has 0 aromatic carbocycles. The molecule has 25 heavy (non-hydrogen) atoms. The van der Waals surface area contributed by atoms with Gasteiger partial charge in [0.15, 0.2) is 5.82 Å². The fraction of sp³-hybridized carbons (Fsp3) is 0.105. The fourth-order valence-corrected chi connectivity index (χ4v) is 2.50. The average molecular weight is 350 g/mol. The van der Waals surface area contributed by atoms with Gasteiger partial charge in [0, 0.05) is 16.9 Å². The zero-order valence-electron chi connectivity index (χ0n) is 13.9. The topological polar surface area (TPSA) is 69.6 Å². The number of aromatic nitrogens is 4. The fourth-order valence-electron chi connectivity index (χ4n) is 2.34. The zero-order chi connectivity index (χ0) is 18.0. The summed E-state index contributed by atoms with van der Waals surface area (Å²) >= 11 is 5.96. The summed E-state index contributed by atoms with van der Waals surface area (Å²) in [5.74, 6) is 6.56. The highest BCUT2D eigenvalue weighted by molar-refractivity contribution is 6.30. The van der Waals surface area contributed by atoms with Gasteiger partial charge in [0.2, 0.25) is 0 Å². The smallest absolute Gasteiger partial charge is 0.161 e. The minimum atomic E-state index is 0.359. The number of pyridine rings is 2. The average Bonchev–Trinajstić information content (AvgIpc) is 2.91. The monoisotopic (exact) mass is 349 g/mol. The maximum atomic E-state index is 5.96. The van der Waals surface area contributed by atoms with Crippen molar-refractivity contribution < 1.29 is 0 Å². The van der Waals surface area contributed by atoms with Crippen molar-refractivity contribution in [3.8, 4) is 17.5 Å². The van der Waals surface area contributed by atoms with Crippen molar-refractivity contribution in [1.29, 1.82) is 0 Å². The van der Waals surface area contributed by atoms with Crippen LogP contribution in [-0.4, -0.2) is 19.5 Å². The number of aryl methyl sites for hydroxylation is 1. The Morgan fingerprint density at radius 1 is 1.20 bits per heavy atom. The van der Waals surface area contributed by atoms with Crippen LogP contribution in [0.1, 0.15) is 28.6 Å². The van der Waals surface area contributed by atoms with Crippen LogP contribution in [0.15, 0.2) is 43.2 Å². The van der Waals surface area contributed by atoms with Gasteiger partial charge in [0.1, 0.15) is 11.4 Å². The van der Waals surface area contributed by atoms with E-state index in [1.165, 1.54) is 0 Å². The van der Waals surface area contributed by atoms with Crippen molar-refractivity contribution in [2.45, 2.75) is 13.8 Å². The van der Waals surface area contributed by atoms with Crippen LogP contribution < -0.4 is 5.73 Å². The lowest BCUT2D eigenvalue weighted by molar-refractivity contribution is 0.959. The first-order valence-corrected chi connectivity index (χ1v) is 7.94. The van der Waals surface area contributed by atoms with E-state index in [1.54, 1.807) is 24.5 Å². The molecule has 0 saturated heterocycles. The van der Waals surface area contributed by atoms with Gasteiger partial charge in [-0.25, -0.2) is 9.97 Å². The van der Waals surface area contributed by atoms with Crippen molar-refractivity contribution in [3.05, 3.63) is 76.9 Å². The molecule has 5 nitrogen and oxygen atoms in total. The Labute approximate surface area is 151 Å². The van der Waals surface area contributed by atoms with Gasteiger partial charge >= 0.3 is 0 Å². The second-order valence-corrected chi connectivity index (χ2v) is 5.93. The number of nitrogens with two attached hydrogens (primary N) is 1. The highest BCUT2D eigenvalue weighted by atomic mass is 35.5. The summed E-state index contributed by atoms with van der Waals surface area (Å²) in [6.45, 7) is 7.67. The van der Waals surface area contributed by atoms with E-state index in [1.807, 2.05) is 30.5 Å². The number of imidazole rings is 1. The van der Waals surface area contributed by atoms with Crippen molar-refractivity contribution in [1.82, 2.24) is 19.5 Å². The molecule has 2 N–H and O–H groups in total. The van der Waals surface area contributed by atoms with Crippen LogP contribution in [0.5, 0.6) is 0 Å². The Hall–Kier alpha value is -3.10. The lowest BCUT2D eigenvalue weighted by Crippen LogP contribution is -2.06. The lowest BCUT2D eigenvalue weighted by Gasteiger charge is -2.09. The Kier molecular flexibility index (Phi) is 4.55. The minimum Gasteiger partial charge on any atom is -0.396 e. The minimum absolute atomic E-state index is 0.359. The van der Waals surface area contributed by atoms with Crippen LogP contribution in [-0.2, 0) is 0 Å². The predicted octanol–water partition coefficient (Wildman–Crippen LogP) is 3.26. The van der Waals surface area contributed by atoms with E-state index in [9.17, 15) is 0 Å². The third-order valence-electron chi connectivity index (χ3n) is 3.58. The van der Waals surface area contributed by atoms with Crippen LogP contribution in [0, 0.1) is 25.7 Å². The van der Waals surface area contributed by atoms with Crippen LogP contribution in [0.3, 0.4) is 0 Å². The van der Waals surface area contributed by atoms with Gasteiger partial charge in [-0.2, -0.15) is 0 Å². The molecule has 3 aromatic heterocycles. The molecule has 0 spiro atoms. The largest absolute Gasteiger partial charge is 0.396 e. The first-order chi connectivity index (χ1) is 12.0. The van der Waals surface area contributed by atoms with Crippen molar-refractivity contribution >= 4 is 17.3 Å². The van der Waals surface area contributed by atoms with E-state index < -0.39 is 0 Å². The van der Waals surface area contributed by atoms with Crippen LogP contribution >= 0.6 is 11.6 Å². The zero-order valence-corrected chi connectivity index (χ0v) is 14.7. The summed E-state index contributed by atoms with van der Waals surface area (Å²) in [5.41, 5.74) is 10.1. The molecule has 124 valence electrons. The molecule has 0 bridgehead atoms. The van der Waals surface area contributed by atoms with Gasteiger partial charge < -0.3 is 5.73 Å². The molecule has 0 atom stereocenters. The maximum Gasteiger partial charge on any atom is 0.161 e.